The summed E-state index contributed by atoms with van der Waals surface area (Å²) in [6, 6.07) is 9.81. The zero-order valence-electron chi connectivity index (χ0n) is 24.6. The van der Waals surface area contributed by atoms with Crippen molar-refractivity contribution in [3.63, 3.8) is 0 Å². The summed E-state index contributed by atoms with van der Waals surface area (Å²) in [6.45, 7) is 6.08. The standard InChI is InChI=1S/C27H39N3O13S/c1-23-2-5-25(6-3-23)44(35,36)43-21-20-42-19-18-41-17-16-40-15-14-39-13-12-38-11-10-37-9-8-28-26-7-4-24(29(31)32)22-27(26)30(33)34/h2-7,22,28H,8-21H2,1H3. The molecule has 44 heavy (non-hydrogen) atoms. The van der Waals surface area contributed by atoms with E-state index >= 15 is 0 Å². The van der Waals surface area contributed by atoms with Gasteiger partial charge in [-0.1, -0.05) is 17.7 Å². The van der Waals surface area contributed by atoms with Crippen LogP contribution < -0.4 is 5.32 Å². The Labute approximate surface area is 255 Å². The number of nitro benzene ring substituents is 2. The minimum absolute atomic E-state index is 0.0837. The van der Waals surface area contributed by atoms with E-state index in [1.54, 1.807) is 12.1 Å². The summed E-state index contributed by atoms with van der Waals surface area (Å²) in [5, 5.41) is 24.7. The van der Waals surface area contributed by atoms with Gasteiger partial charge in [0.2, 0.25) is 0 Å². The van der Waals surface area contributed by atoms with Crippen LogP contribution >= 0.6 is 0 Å². The molecule has 0 saturated carbocycles. The number of ether oxygens (including phenoxy) is 6. The van der Waals surface area contributed by atoms with Crippen LogP contribution in [-0.4, -0.2) is 111 Å². The van der Waals surface area contributed by atoms with E-state index in [4.69, 9.17) is 32.6 Å². The van der Waals surface area contributed by atoms with E-state index in [0.717, 1.165) is 11.6 Å². The third-order valence-electron chi connectivity index (χ3n) is 5.59. The van der Waals surface area contributed by atoms with Crippen molar-refractivity contribution < 1.29 is 50.9 Å². The average molecular weight is 646 g/mol. The monoisotopic (exact) mass is 645 g/mol. The van der Waals surface area contributed by atoms with Gasteiger partial charge in [0, 0.05) is 12.6 Å². The van der Waals surface area contributed by atoms with Gasteiger partial charge in [-0.25, -0.2) is 0 Å². The van der Waals surface area contributed by atoms with Crippen molar-refractivity contribution in [2.75, 3.05) is 97.8 Å². The first-order valence-electron chi connectivity index (χ1n) is 13.8. The van der Waals surface area contributed by atoms with Crippen molar-refractivity contribution in [3.05, 3.63) is 68.3 Å². The Morgan fingerprint density at radius 2 is 1.09 bits per heavy atom. The van der Waals surface area contributed by atoms with Crippen molar-refractivity contribution in [1.82, 2.24) is 0 Å². The van der Waals surface area contributed by atoms with Gasteiger partial charge in [-0.05, 0) is 25.1 Å². The highest BCUT2D eigenvalue weighted by atomic mass is 32.2. The fourth-order valence-corrected chi connectivity index (χ4v) is 4.26. The number of hydrogen-bond acceptors (Lipinski definition) is 14. The van der Waals surface area contributed by atoms with E-state index in [1.807, 2.05) is 6.92 Å². The fourth-order valence-electron chi connectivity index (χ4n) is 3.37. The molecule has 0 spiro atoms. The number of rotatable bonds is 26. The van der Waals surface area contributed by atoms with E-state index in [-0.39, 0.29) is 48.3 Å². The molecule has 0 aliphatic rings. The van der Waals surface area contributed by atoms with Gasteiger partial charge in [-0.3, -0.25) is 24.4 Å². The largest absolute Gasteiger partial charge is 0.377 e. The van der Waals surface area contributed by atoms with Crippen molar-refractivity contribution >= 4 is 27.2 Å². The highest BCUT2D eigenvalue weighted by Crippen LogP contribution is 2.28. The van der Waals surface area contributed by atoms with Gasteiger partial charge in [-0.2, -0.15) is 8.42 Å². The first-order valence-corrected chi connectivity index (χ1v) is 15.2. The molecule has 17 heteroatoms. The van der Waals surface area contributed by atoms with Crippen LogP contribution in [0.25, 0.3) is 0 Å². The molecule has 0 bridgehead atoms. The summed E-state index contributed by atoms with van der Waals surface area (Å²) < 4.78 is 61.4. The minimum atomic E-state index is -3.79. The molecule has 2 aromatic rings. The quantitative estimate of drug-likeness (QED) is 0.0678. The van der Waals surface area contributed by atoms with Gasteiger partial charge >= 0.3 is 0 Å². The number of aryl methyl sites for hydroxylation is 1. The Bertz CT molecular complexity index is 1230. The van der Waals surface area contributed by atoms with Crippen LogP contribution in [0.1, 0.15) is 5.56 Å². The van der Waals surface area contributed by atoms with Gasteiger partial charge in [-0.15, -0.1) is 0 Å². The number of nitrogens with zero attached hydrogens (tertiary/aromatic N) is 2. The summed E-state index contributed by atoms with van der Waals surface area (Å²) >= 11 is 0. The first kappa shape index (κ1) is 36.9. The minimum Gasteiger partial charge on any atom is -0.377 e. The molecule has 2 rings (SSSR count). The lowest BCUT2D eigenvalue weighted by Crippen LogP contribution is -2.16. The number of non-ortho nitro benzene ring substituents is 1. The molecule has 0 aliphatic heterocycles. The SMILES string of the molecule is Cc1ccc(S(=O)(=O)OCCOCCOCCOCCOCCOCCOCCNc2ccc([N+](=O)[O-])cc2[N+](=O)[O-])cc1. The zero-order valence-corrected chi connectivity index (χ0v) is 25.4. The molecule has 0 aliphatic carbocycles. The maximum atomic E-state index is 12.1. The Morgan fingerprint density at radius 1 is 0.636 bits per heavy atom. The predicted molar refractivity (Wildman–Crippen MR) is 157 cm³/mol. The Kier molecular flexibility index (Phi) is 18.0. The second-order valence-corrected chi connectivity index (χ2v) is 10.5. The van der Waals surface area contributed by atoms with Crippen molar-refractivity contribution in [1.29, 1.82) is 0 Å². The number of anilines is 1. The lowest BCUT2D eigenvalue weighted by molar-refractivity contribution is -0.393. The van der Waals surface area contributed by atoms with Crippen LogP contribution in [0.2, 0.25) is 0 Å². The molecule has 16 nitrogen and oxygen atoms in total. The van der Waals surface area contributed by atoms with E-state index in [0.29, 0.717) is 66.1 Å². The topological polar surface area (TPSA) is 197 Å². The Balaban J connectivity index is 1.31. The van der Waals surface area contributed by atoms with E-state index in [9.17, 15) is 28.6 Å². The molecule has 1 N–H and O–H groups in total. The molecule has 0 fully saturated rings. The van der Waals surface area contributed by atoms with E-state index in [1.165, 1.54) is 24.3 Å². The third-order valence-corrected chi connectivity index (χ3v) is 6.91. The van der Waals surface area contributed by atoms with Gasteiger partial charge < -0.3 is 33.7 Å². The summed E-state index contributed by atoms with van der Waals surface area (Å²) in [5.41, 5.74) is 0.404. The van der Waals surface area contributed by atoms with Crippen LogP contribution in [0.4, 0.5) is 17.1 Å². The Morgan fingerprint density at radius 3 is 1.55 bits per heavy atom. The molecule has 0 saturated heterocycles. The molecule has 2 aromatic carbocycles. The number of nitrogens with one attached hydrogen (secondary N) is 1. The number of hydrogen-bond donors (Lipinski definition) is 1. The highest BCUT2D eigenvalue weighted by Gasteiger charge is 2.19. The molecule has 0 unspecified atom stereocenters. The summed E-state index contributed by atoms with van der Waals surface area (Å²) in [4.78, 5) is 20.6. The van der Waals surface area contributed by atoms with E-state index in [2.05, 4.69) is 5.32 Å². The van der Waals surface area contributed by atoms with Gasteiger partial charge in [0.15, 0.2) is 0 Å². The predicted octanol–water partition coefficient (Wildman–Crippen LogP) is 2.73. The third kappa shape index (κ3) is 15.4. The molecule has 246 valence electrons. The van der Waals surface area contributed by atoms with Crippen molar-refractivity contribution in [2.45, 2.75) is 11.8 Å². The normalized spacial score (nSPS) is 11.5. The van der Waals surface area contributed by atoms with Crippen LogP contribution in [0.15, 0.2) is 47.4 Å². The number of benzene rings is 2. The van der Waals surface area contributed by atoms with Crippen LogP contribution in [0.5, 0.6) is 0 Å². The molecular weight excluding hydrogens is 606 g/mol. The van der Waals surface area contributed by atoms with Gasteiger partial charge in [0.25, 0.3) is 21.5 Å². The Hall–Kier alpha value is -3.29. The van der Waals surface area contributed by atoms with E-state index < -0.39 is 20.0 Å². The van der Waals surface area contributed by atoms with Gasteiger partial charge in [0.05, 0.1) is 107 Å². The number of nitro groups is 2. The lowest BCUT2D eigenvalue weighted by Gasteiger charge is -2.09. The molecule has 0 amide bonds. The maximum Gasteiger partial charge on any atom is 0.299 e. The maximum absolute atomic E-state index is 12.1. The second-order valence-electron chi connectivity index (χ2n) is 8.91. The summed E-state index contributed by atoms with van der Waals surface area (Å²) in [6.07, 6.45) is 0. The summed E-state index contributed by atoms with van der Waals surface area (Å²) in [5.74, 6) is 0. The zero-order chi connectivity index (χ0) is 32.0. The first-order chi connectivity index (χ1) is 21.2. The average Bonchev–Trinajstić information content (AvgIpc) is 2.99. The molecule has 0 aromatic heterocycles. The highest BCUT2D eigenvalue weighted by molar-refractivity contribution is 7.86. The molecule has 0 atom stereocenters. The van der Waals surface area contributed by atoms with Gasteiger partial charge in [0.1, 0.15) is 5.69 Å². The lowest BCUT2D eigenvalue weighted by atomic mass is 10.2. The second kappa shape index (κ2) is 21.4. The molecule has 0 heterocycles. The van der Waals surface area contributed by atoms with Crippen molar-refractivity contribution in [2.24, 2.45) is 0 Å². The summed E-state index contributed by atoms with van der Waals surface area (Å²) in [7, 11) is -3.79. The molecular formula is C27H39N3O13S. The van der Waals surface area contributed by atoms with Crippen LogP contribution in [0, 0.1) is 27.2 Å². The smallest absolute Gasteiger partial charge is 0.299 e. The molecule has 0 radical (unpaired) electrons. The van der Waals surface area contributed by atoms with Crippen LogP contribution in [0.3, 0.4) is 0 Å². The van der Waals surface area contributed by atoms with Crippen molar-refractivity contribution in [3.8, 4) is 0 Å². The van der Waals surface area contributed by atoms with Crippen LogP contribution in [-0.2, 0) is 42.7 Å². The fraction of sp³-hybridized carbons (Fsp3) is 0.556.